The summed E-state index contributed by atoms with van der Waals surface area (Å²) >= 11 is 0. The average Bonchev–Trinajstić information content (AvgIpc) is 2.90. The van der Waals surface area contributed by atoms with Gasteiger partial charge in [0.25, 0.3) is 0 Å². The summed E-state index contributed by atoms with van der Waals surface area (Å²) in [5, 5.41) is 3.92. The molecule has 1 saturated carbocycles. The molecule has 0 saturated heterocycles. The summed E-state index contributed by atoms with van der Waals surface area (Å²) < 4.78 is 0. The molecule has 0 aromatic heterocycles. The normalized spacial score (nSPS) is 23.8. The first-order chi connectivity index (χ1) is 5.87. The fraction of sp³-hybridized carbons (Fsp3) is 0.333. The van der Waals surface area contributed by atoms with Crippen LogP contribution in [0.3, 0.4) is 0 Å². The number of carbonyl (C=O) groups is 1. The Morgan fingerprint density at radius 3 is 3.00 bits per heavy atom. The molecule has 1 fully saturated rings. The number of hydrogen-bond acceptors (Lipinski definition) is 3. The quantitative estimate of drug-likeness (QED) is 0.615. The third-order valence-corrected chi connectivity index (χ3v) is 2.27. The summed E-state index contributed by atoms with van der Waals surface area (Å²) in [6.07, 6.45) is 10.2. The van der Waals surface area contributed by atoms with E-state index >= 15 is 0 Å². The summed E-state index contributed by atoms with van der Waals surface area (Å²) in [5.41, 5.74) is 3.55. The summed E-state index contributed by atoms with van der Waals surface area (Å²) in [7, 11) is 0. The highest BCUT2D eigenvalue weighted by molar-refractivity contribution is 5.74. The zero-order valence-electron chi connectivity index (χ0n) is 6.66. The maximum absolute atomic E-state index is 10.7. The Morgan fingerprint density at radius 1 is 1.50 bits per heavy atom. The standard InChI is InChI=1S/C9H10N2O/c12-7-9(4-5-9)8-3-1-2-6-10-11-8/h1-3,6-7,11H,4-5H2. The topological polar surface area (TPSA) is 41.5 Å². The lowest BCUT2D eigenvalue weighted by Gasteiger charge is -2.09. The number of hydrazone groups is 1. The van der Waals surface area contributed by atoms with Crippen molar-refractivity contribution in [3.63, 3.8) is 0 Å². The van der Waals surface area contributed by atoms with E-state index in [1.54, 1.807) is 6.21 Å². The van der Waals surface area contributed by atoms with Crippen molar-refractivity contribution in [1.29, 1.82) is 0 Å². The highest BCUT2D eigenvalue weighted by atomic mass is 16.1. The fourth-order valence-corrected chi connectivity index (χ4v) is 1.25. The van der Waals surface area contributed by atoms with Gasteiger partial charge in [0.05, 0.1) is 5.41 Å². The van der Waals surface area contributed by atoms with Gasteiger partial charge >= 0.3 is 0 Å². The van der Waals surface area contributed by atoms with E-state index in [9.17, 15) is 4.79 Å². The number of hydrogen-bond donors (Lipinski definition) is 1. The average molecular weight is 162 g/mol. The van der Waals surface area contributed by atoms with Gasteiger partial charge in [0, 0.05) is 11.9 Å². The summed E-state index contributed by atoms with van der Waals surface area (Å²) in [6.45, 7) is 0. The van der Waals surface area contributed by atoms with E-state index in [2.05, 4.69) is 10.5 Å². The van der Waals surface area contributed by atoms with E-state index in [1.807, 2.05) is 18.2 Å². The van der Waals surface area contributed by atoms with E-state index in [-0.39, 0.29) is 5.41 Å². The third kappa shape index (κ3) is 1.07. The van der Waals surface area contributed by atoms with Crippen LogP contribution in [0.1, 0.15) is 12.8 Å². The molecule has 0 radical (unpaired) electrons. The van der Waals surface area contributed by atoms with Crippen LogP contribution in [-0.4, -0.2) is 12.5 Å². The molecule has 1 N–H and O–H groups in total. The highest BCUT2D eigenvalue weighted by Crippen LogP contribution is 2.48. The molecule has 0 bridgehead atoms. The molecule has 0 aromatic rings. The first-order valence-electron chi connectivity index (χ1n) is 4.00. The van der Waals surface area contributed by atoms with Gasteiger partial charge in [-0.25, -0.2) is 0 Å². The number of rotatable bonds is 2. The van der Waals surface area contributed by atoms with Crippen LogP contribution < -0.4 is 5.43 Å². The molecule has 2 rings (SSSR count). The van der Waals surface area contributed by atoms with Crippen LogP contribution in [0.4, 0.5) is 0 Å². The van der Waals surface area contributed by atoms with Crippen molar-refractivity contribution in [3.05, 3.63) is 23.9 Å². The minimum absolute atomic E-state index is 0.244. The largest absolute Gasteiger partial charge is 0.302 e. The lowest BCUT2D eigenvalue weighted by molar-refractivity contribution is -0.111. The van der Waals surface area contributed by atoms with E-state index in [4.69, 9.17) is 0 Å². The minimum atomic E-state index is -0.244. The first-order valence-corrected chi connectivity index (χ1v) is 4.00. The molecule has 62 valence electrons. The minimum Gasteiger partial charge on any atom is -0.302 e. The predicted octanol–water partition coefficient (Wildman–Crippen LogP) is 0.995. The van der Waals surface area contributed by atoms with Gasteiger partial charge in [0.1, 0.15) is 6.29 Å². The van der Waals surface area contributed by atoms with Crippen molar-refractivity contribution in [2.75, 3.05) is 0 Å². The molecule has 0 atom stereocenters. The molecule has 0 aromatic carbocycles. The van der Waals surface area contributed by atoms with Gasteiger partial charge < -0.3 is 4.79 Å². The Labute approximate surface area is 70.8 Å². The Hall–Kier alpha value is -1.38. The number of nitrogens with one attached hydrogen (secondary N) is 1. The van der Waals surface area contributed by atoms with Crippen molar-refractivity contribution in [2.24, 2.45) is 10.5 Å². The second-order valence-corrected chi connectivity index (χ2v) is 3.13. The van der Waals surface area contributed by atoms with E-state index in [0.717, 1.165) is 24.8 Å². The third-order valence-electron chi connectivity index (χ3n) is 2.27. The Balaban J connectivity index is 2.23. The first kappa shape index (κ1) is 7.28. The Morgan fingerprint density at radius 2 is 2.33 bits per heavy atom. The van der Waals surface area contributed by atoms with Crippen molar-refractivity contribution in [1.82, 2.24) is 5.43 Å². The molecule has 1 aliphatic carbocycles. The molecular formula is C9H10N2O. The van der Waals surface area contributed by atoms with Crippen LogP contribution in [0.25, 0.3) is 0 Å². The van der Waals surface area contributed by atoms with Crippen LogP contribution in [0.15, 0.2) is 29.0 Å². The van der Waals surface area contributed by atoms with Gasteiger partial charge in [-0.3, -0.25) is 5.43 Å². The van der Waals surface area contributed by atoms with Crippen molar-refractivity contribution in [3.8, 4) is 0 Å². The van der Waals surface area contributed by atoms with Gasteiger partial charge in [0.2, 0.25) is 0 Å². The molecule has 12 heavy (non-hydrogen) atoms. The van der Waals surface area contributed by atoms with Crippen LogP contribution in [0.2, 0.25) is 0 Å². The molecule has 0 spiro atoms. The van der Waals surface area contributed by atoms with Crippen molar-refractivity contribution < 1.29 is 4.79 Å². The number of nitrogens with zero attached hydrogens (tertiary/aromatic N) is 1. The lowest BCUT2D eigenvalue weighted by atomic mass is 10.1. The number of aldehydes is 1. The summed E-state index contributed by atoms with van der Waals surface area (Å²) in [4.78, 5) is 10.7. The van der Waals surface area contributed by atoms with Crippen LogP contribution in [-0.2, 0) is 4.79 Å². The summed E-state index contributed by atoms with van der Waals surface area (Å²) in [5.74, 6) is 0. The second kappa shape index (κ2) is 2.59. The second-order valence-electron chi connectivity index (χ2n) is 3.13. The maximum atomic E-state index is 10.7. The lowest BCUT2D eigenvalue weighted by Crippen LogP contribution is -2.17. The maximum Gasteiger partial charge on any atom is 0.132 e. The van der Waals surface area contributed by atoms with Crippen LogP contribution in [0, 0.1) is 5.41 Å². The van der Waals surface area contributed by atoms with E-state index < -0.39 is 0 Å². The number of allylic oxidation sites excluding steroid dienone is 4. The number of carbonyl (C=O) groups excluding carboxylic acids is 1. The Kier molecular flexibility index (Phi) is 1.57. The van der Waals surface area contributed by atoms with Gasteiger partial charge in [0.15, 0.2) is 0 Å². The molecule has 1 heterocycles. The molecule has 3 heteroatoms. The zero-order valence-corrected chi connectivity index (χ0v) is 6.66. The van der Waals surface area contributed by atoms with Crippen LogP contribution >= 0.6 is 0 Å². The van der Waals surface area contributed by atoms with E-state index in [1.165, 1.54) is 0 Å². The van der Waals surface area contributed by atoms with Gasteiger partial charge in [-0.1, -0.05) is 6.08 Å². The molecule has 1 aliphatic heterocycles. The van der Waals surface area contributed by atoms with Gasteiger partial charge in [-0.15, -0.1) is 0 Å². The molecular weight excluding hydrogens is 152 g/mol. The van der Waals surface area contributed by atoms with E-state index in [0.29, 0.717) is 0 Å². The van der Waals surface area contributed by atoms with Crippen molar-refractivity contribution >= 4 is 12.5 Å². The monoisotopic (exact) mass is 162 g/mol. The van der Waals surface area contributed by atoms with Gasteiger partial charge in [-0.05, 0) is 25.0 Å². The fourth-order valence-electron chi connectivity index (χ4n) is 1.25. The zero-order chi connectivity index (χ0) is 8.44. The SMILES string of the molecule is O=CC1(C2=CC=CC=NN2)CC1. The predicted molar refractivity (Wildman–Crippen MR) is 46.6 cm³/mol. The van der Waals surface area contributed by atoms with Crippen LogP contribution in [0.5, 0.6) is 0 Å². The molecule has 0 unspecified atom stereocenters. The van der Waals surface area contributed by atoms with Gasteiger partial charge in [-0.2, -0.15) is 5.10 Å². The molecule has 0 amide bonds. The Bertz CT molecular complexity index is 285. The smallest absolute Gasteiger partial charge is 0.132 e. The highest BCUT2D eigenvalue weighted by Gasteiger charge is 2.46. The molecule has 3 nitrogen and oxygen atoms in total. The summed E-state index contributed by atoms with van der Waals surface area (Å²) in [6, 6.07) is 0. The molecule has 2 aliphatic rings. The van der Waals surface area contributed by atoms with Crippen molar-refractivity contribution in [2.45, 2.75) is 12.8 Å².